The lowest BCUT2D eigenvalue weighted by Gasteiger charge is -2.17. The molecule has 0 spiro atoms. The topological polar surface area (TPSA) is 116 Å². The second kappa shape index (κ2) is 6.13. The van der Waals surface area contributed by atoms with Crippen molar-refractivity contribution in [1.29, 1.82) is 0 Å². The van der Waals surface area contributed by atoms with E-state index >= 15 is 0 Å². The van der Waals surface area contributed by atoms with Crippen molar-refractivity contribution in [3.05, 3.63) is 53.6 Å². The van der Waals surface area contributed by atoms with E-state index < -0.39 is 18.4 Å². The van der Waals surface area contributed by atoms with Crippen molar-refractivity contribution in [2.45, 2.75) is 12.4 Å². The predicted molar refractivity (Wildman–Crippen MR) is 82.9 cm³/mol. The van der Waals surface area contributed by atoms with Crippen LogP contribution in [-0.2, 0) is 4.79 Å². The van der Waals surface area contributed by atoms with Crippen LogP contribution in [0.3, 0.4) is 0 Å². The van der Waals surface area contributed by atoms with E-state index in [9.17, 15) is 20.1 Å². The van der Waals surface area contributed by atoms with Crippen LogP contribution in [0.4, 0.5) is 0 Å². The Balaban J connectivity index is 1.78. The summed E-state index contributed by atoms with van der Waals surface area (Å²) in [5.74, 6) is -0.933. The van der Waals surface area contributed by atoms with Gasteiger partial charge in [0.2, 0.25) is 0 Å². The lowest BCUT2D eigenvalue weighted by Crippen LogP contribution is -2.26. The summed E-state index contributed by atoms with van der Waals surface area (Å²) >= 11 is 0. The first-order valence-corrected chi connectivity index (χ1v) is 7.02. The number of aromatic hydroxyl groups is 2. The van der Waals surface area contributed by atoms with Gasteiger partial charge in [-0.2, -0.15) is 0 Å². The van der Waals surface area contributed by atoms with Gasteiger partial charge in [0, 0.05) is 6.08 Å². The average molecular weight is 330 g/mol. The second-order valence-corrected chi connectivity index (χ2v) is 5.17. The normalized spacial score (nSPS) is 17.1. The fourth-order valence-corrected chi connectivity index (χ4v) is 2.27. The summed E-state index contributed by atoms with van der Waals surface area (Å²) in [4.78, 5) is 10.5. The Kier molecular flexibility index (Phi) is 4.01. The molecule has 0 saturated carbocycles. The lowest BCUT2D eigenvalue weighted by molar-refractivity contribution is -0.131. The Labute approximate surface area is 136 Å². The monoisotopic (exact) mass is 330 g/mol. The summed E-state index contributed by atoms with van der Waals surface area (Å²) in [6.07, 6.45) is 0.196. The van der Waals surface area contributed by atoms with Gasteiger partial charge in [-0.15, -0.1) is 0 Å². The molecule has 0 radical (unpaired) electrons. The Bertz CT molecular complexity index is 813. The zero-order valence-corrected chi connectivity index (χ0v) is 12.3. The Morgan fingerprint density at radius 2 is 1.79 bits per heavy atom. The lowest BCUT2D eigenvalue weighted by atomic mass is 10.1. The van der Waals surface area contributed by atoms with Crippen molar-refractivity contribution < 1.29 is 34.7 Å². The molecular formula is C17H14O7. The summed E-state index contributed by atoms with van der Waals surface area (Å²) in [6, 6.07) is 8.77. The molecule has 0 aliphatic carbocycles. The van der Waals surface area contributed by atoms with E-state index in [2.05, 4.69) is 0 Å². The zero-order valence-electron chi connectivity index (χ0n) is 12.3. The highest BCUT2D eigenvalue weighted by Crippen LogP contribution is 2.40. The number of hydrogen-bond acceptors (Lipinski definition) is 6. The number of phenols is 2. The molecule has 4 N–H and O–H groups in total. The minimum absolute atomic E-state index is 0.294. The maximum atomic E-state index is 10.5. The Morgan fingerprint density at radius 3 is 2.50 bits per heavy atom. The van der Waals surface area contributed by atoms with Gasteiger partial charge < -0.3 is 29.9 Å². The standard InChI is InChI=1S/C17H14O7/c18-11-4-3-10(8-12(11)19)16(22)17-23-13-5-1-9(2-6-15(20)21)7-14(13)24-17/h1-8,16-19,22H,(H,20,21)/b6-2+/t16-,17+/m1/s1. The van der Waals surface area contributed by atoms with Crippen molar-refractivity contribution in [2.75, 3.05) is 0 Å². The molecular weight excluding hydrogens is 316 g/mol. The van der Waals surface area contributed by atoms with Crippen LogP contribution in [0, 0.1) is 0 Å². The first-order chi connectivity index (χ1) is 11.4. The van der Waals surface area contributed by atoms with Crippen molar-refractivity contribution in [3.63, 3.8) is 0 Å². The predicted octanol–water partition coefficient (Wildman–Crippen LogP) is 2.03. The maximum Gasteiger partial charge on any atom is 0.328 e. The Morgan fingerprint density at radius 1 is 1.04 bits per heavy atom. The van der Waals surface area contributed by atoms with Crippen LogP contribution < -0.4 is 9.47 Å². The minimum Gasteiger partial charge on any atom is -0.504 e. The third kappa shape index (κ3) is 3.11. The number of rotatable bonds is 4. The van der Waals surface area contributed by atoms with Gasteiger partial charge in [0.25, 0.3) is 6.29 Å². The van der Waals surface area contributed by atoms with E-state index in [1.165, 1.54) is 24.3 Å². The molecule has 2 aromatic rings. The van der Waals surface area contributed by atoms with Crippen LogP contribution in [0.25, 0.3) is 6.08 Å². The number of aliphatic hydroxyl groups excluding tert-OH is 1. The fourth-order valence-electron chi connectivity index (χ4n) is 2.27. The van der Waals surface area contributed by atoms with E-state index in [-0.39, 0.29) is 11.5 Å². The number of carbonyl (C=O) groups is 1. The van der Waals surface area contributed by atoms with Crippen LogP contribution in [0.1, 0.15) is 17.2 Å². The number of carboxylic acids is 1. The average Bonchev–Trinajstić information content (AvgIpc) is 2.98. The molecule has 3 rings (SSSR count). The highest BCUT2D eigenvalue weighted by molar-refractivity contribution is 5.85. The largest absolute Gasteiger partial charge is 0.504 e. The Hall–Kier alpha value is -3.19. The van der Waals surface area contributed by atoms with Gasteiger partial charge in [0.1, 0.15) is 0 Å². The van der Waals surface area contributed by atoms with Crippen molar-refractivity contribution >= 4 is 12.0 Å². The molecule has 0 saturated heterocycles. The van der Waals surface area contributed by atoms with Crippen molar-refractivity contribution in [1.82, 2.24) is 0 Å². The molecule has 0 aromatic heterocycles. The van der Waals surface area contributed by atoms with Crippen LogP contribution in [0.2, 0.25) is 0 Å². The molecule has 2 aromatic carbocycles. The molecule has 7 heteroatoms. The van der Waals surface area contributed by atoms with E-state index in [1.807, 2.05) is 0 Å². The molecule has 1 heterocycles. The summed E-state index contributed by atoms with van der Waals surface area (Å²) < 4.78 is 11.1. The van der Waals surface area contributed by atoms with Gasteiger partial charge in [-0.3, -0.25) is 0 Å². The third-order valence-corrected chi connectivity index (χ3v) is 3.47. The van der Waals surface area contributed by atoms with Gasteiger partial charge in [0.15, 0.2) is 29.1 Å². The van der Waals surface area contributed by atoms with E-state index in [4.69, 9.17) is 14.6 Å². The molecule has 124 valence electrons. The number of phenolic OH excluding ortho intramolecular Hbond substituents is 2. The SMILES string of the molecule is O=C(O)/C=C/c1ccc2c(c1)O[C@@H]([C@H](O)c1ccc(O)c(O)c1)O2. The molecule has 0 amide bonds. The number of fused-ring (bicyclic) bond motifs is 1. The maximum absolute atomic E-state index is 10.5. The smallest absolute Gasteiger partial charge is 0.328 e. The van der Waals surface area contributed by atoms with Crippen LogP contribution >= 0.6 is 0 Å². The summed E-state index contributed by atoms with van der Waals surface area (Å²) in [7, 11) is 0. The number of benzene rings is 2. The molecule has 0 fully saturated rings. The second-order valence-electron chi connectivity index (χ2n) is 5.17. The first-order valence-electron chi connectivity index (χ1n) is 7.02. The summed E-state index contributed by atoms with van der Waals surface area (Å²) in [5.41, 5.74) is 0.922. The number of carboxylic acid groups (broad SMARTS) is 1. The van der Waals surface area contributed by atoms with E-state index in [1.54, 1.807) is 18.2 Å². The van der Waals surface area contributed by atoms with Gasteiger partial charge >= 0.3 is 5.97 Å². The molecule has 2 atom stereocenters. The molecule has 0 unspecified atom stereocenters. The van der Waals surface area contributed by atoms with Crippen molar-refractivity contribution in [3.8, 4) is 23.0 Å². The van der Waals surface area contributed by atoms with Crippen LogP contribution in [0.5, 0.6) is 23.0 Å². The minimum atomic E-state index is -1.19. The summed E-state index contributed by atoms with van der Waals surface area (Å²) in [6.45, 7) is 0. The third-order valence-electron chi connectivity index (χ3n) is 3.47. The molecule has 0 bridgehead atoms. The zero-order chi connectivity index (χ0) is 17.3. The quantitative estimate of drug-likeness (QED) is 0.500. The number of hydrogen-bond donors (Lipinski definition) is 4. The highest BCUT2D eigenvalue weighted by Gasteiger charge is 2.32. The molecule has 1 aliphatic rings. The molecule has 7 nitrogen and oxygen atoms in total. The van der Waals surface area contributed by atoms with Gasteiger partial charge in [-0.05, 0) is 41.5 Å². The fraction of sp³-hybridized carbons (Fsp3) is 0.118. The van der Waals surface area contributed by atoms with Crippen LogP contribution in [0.15, 0.2) is 42.5 Å². The van der Waals surface area contributed by atoms with Gasteiger partial charge in [-0.1, -0.05) is 12.1 Å². The first kappa shape index (κ1) is 15.7. The highest BCUT2D eigenvalue weighted by atomic mass is 16.7. The number of ether oxygens (including phenoxy) is 2. The molecule has 24 heavy (non-hydrogen) atoms. The van der Waals surface area contributed by atoms with E-state index in [0.717, 1.165) is 6.08 Å². The number of aliphatic carboxylic acids is 1. The number of aliphatic hydroxyl groups is 1. The van der Waals surface area contributed by atoms with E-state index in [0.29, 0.717) is 22.6 Å². The molecule has 1 aliphatic heterocycles. The summed E-state index contributed by atoms with van der Waals surface area (Å²) in [5, 5.41) is 37.8. The van der Waals surface area contributed by atoms with Gasteiger partial charge in [-0.25, -0.2) is 4.79 Å². The van der Waals surface area contributed by atoms with Crippen molar-refractivity contribution in [2.24, 2.45) is 0 Å². The van der Waals surface area contributed by atoms with Crippen LogP contribution in [-0.4, -0.2) is 32.7 Å². The van der Waals surface area contributed by atoms with Gasteiger partial charge in [0.05, 0.1) is 0 Å².